The number of aromatic nitrogens is 2. The van der Waals surface area contributed by atoms with E-state index in [0.29, 0.717) is 16.1 Å². The lowest BCUT2D eigenvalue weighted by Gasteiger charge is -2.34. The number of anilines is 1. The zero-order valence-corrected chi connectivity index (χ0v) is 11.4. The van der Waals surface area contributed by atoms with Crippen LogP contribution in [0.3, 0.4) is 0 Å². The van der Waals surface area contributed by atoms with Crippen molar-refractivity contribution in [1.29, 1.82) is 0 Å². The Balaban J connectivity index is 3.08. The van der Waals surface area contributed by atoms with Crippen molar-refractivity contribution in [3.63, 3.8) is 0 Å². The zero-order chi connectivity index (χ0) is 12.3. The fourth-order valence-corrected chi connectivity index (χ4v) is 1.67. The van der Waals surface area contributed by atoms with E-state index in [1.165, 1.54) is 11.8 Å². The van der Waals surface area contributed by atoms with Gasteiger partial charge in [0.25, 0.3) is 0 Å². The van der Waals surface area contributed by atoms with Gasteiger partial charge >= 0.3 is 0 Å². The number of hydrogen-bond donors (Lipinski definition) is 1. The van der Waals surface area contributed by atoms with Gasteiger partial charge in [-0.05, 0) is 20.1 Å². The van der Waals surface area contributed by atoms with Crippen molar-refractivity contribution < 1.29 is 5.11 Å². The lowest BCUT2D eigenvalue weighted by atomic mass is 10.1. The highest BCUT2D eigenvalue weighted by atomic mass is 35.5. The Morgan fingerprint density at radius 2 is 2.12 bits per heavy atom. The highest BCUT2D eigenvalue weighted by molar-refractivity contribution is 7.98. The largest absolute Gasteiger partial charge is 0.394 e. The average Bonchev–Trinajstić information content (AvgIpc) is 2.27. The molecule has 1 N–H and O–H groups in total. The summed E-state index contributed by atoms with van der Waals surface area (Å²) >= 11 is 7.35. The normalized spacial score (nSPS) is 11.6. The number of nitrogens with zero attached hydrogens (tertiary/aromatic N) is 3. The molecule has 0 fully saturated rings. The lowest BCUT2D eigenvalue weighted by molar-refractivity contribution is 0.215. The van der Waals surface area contributed by atoms with Gasteiger partial charge in [-0.1, -0.05) is 23.4 Å². The van der Waals surface area contributed by atoms with Crippen molar-refractivity contribution in [1.82, 2.24) is 9.97 Å². The van der Waals surface area contributed by atoms with Crippen LogP contribution in [0.4, 0.5) is 5.82 Å². The molecule has 6 heteroatoms. The van der Waals surface area contributed by atoms with E-state index >= 15 is 0 Å². The number of halogens is 1. The maximum atomic E-state index is 9.30. The van der Waals surface area contributed by atoms with E-state index in [-0.39, 0.29) is 12.1 Å². The Morgan fingerprint density at radius 1 is 1.50 bits per heavy atom. The molecule has 90 valence electrons. The topological polar surface area (TPSA) is 49.2 Å². The van der Waals surface area contributed by atoms with Crippen molar-refractivity contribution in [2.24, 2.45) is 0 Å². The Hall–Kier alpha value is -0.520. The van der Waals surface area contributed by atoms with Crippen LogP contribution in [0.1, 0.15) is 13.8 Å². The first-order valence-electron chi connectivity index (χ1n) is 4.84. The molecule has 0 spiro atoms. The molecule has 0 amide bonds. The first-order chi connectivity index (χ1) is 7.40. The van der Waals surface area contributed by atoms with Gasteiger partial charge in [0.1, 0.15) is 11.0 Å². The number of thioether (sulfide) groups is 1. The quantitative estimate of drug-likeness (QED) is 0.511. The fourth-order valence-electron chi connectivity index (χ4n) is 1.06. The van der Waals surface area contributed by atoms with E-state index in [4.69, 9.17) is 11.6 Å². The Bertz CT molecular complexity index is 373. The first kappa shape index (κ1) is 13.5. The fraction of sp³-hybridized carbons (Fsp3) is 0.600. The van der Waals surface area contributed by atoms with Crippen molar-refractivity contribution in [2.45, 2.75) is 24.5 Å². The van der Waals surface area contributed by atoms with E-state index in [1.54, 1.807) is 6.07 Å². The van der Waals surface area contributed by atoms with Gasteiger partial charge in [-0.25, -0.2) is 9.97 Å². The van der Waals surface area contributed by atoms with Gasteiger partial charge in [0.05, 0.1) is 12.1 Å². The molecule has 4 nitrogen and oxygen atoms in total. The maximum Gasteiger partial charge on any atom is 0.190 e. The van der Waals surface area contributed by atoms with Crippen molar-refractivity contribution in [3.8, 4) is 0 Å². The predicted molar refractivity (Wildman–Crippen MR) is 68.4 cm³/mol. The molecule has 0 saturated heterocycles. The summed E-state index contributed by atoms with van der Waals surface area (Å²) in [5.74, 6) is 0.711. The van der Waals surface area contributed by atoms with Crippen molar-refractivity contribution in [2.75, 3.05) is 24.8 Å². The highest BCUT2D eigenvalue weighted by Crippen LogP contribution is 2.24. The van der Waals surface area contributed by atoms with Crippen LogP contribution in [0, 0.1) is 0 Å². The smallest absolute Gasteiger partial charge is 0.190 e. The van der Waals surface area contributed by atoms with Crippen LogP contribution in [0.5, 0.6) is 0 Å². The van der Waals surface area contributed by atoms with Crippen molar-refractivity contribution >= 4 is 29.2 Å². The summed E-state index contributed by atoms with van der Waals surface area (Å²) in [5.41, 5.74) is -0.382. The van der Waals surface area contributed by atoms with Gasteiger partial charge in [0.2, 0.25) is 0 Å². The van der Waals surface area contributed by atoms with Crippen LogP contribution < -0.4 is 4.90 Å². The summed E-state index contributed by atoms with van der Waals surface area (Å²) in [6.07, 6.45) is 1.90. The Labute approximate surface area is 105 Å². The molecule has 1 aromatic heterocycles. The summed E-state index contributed by atoms with van der Waals surface area (Å²) in [5, 5.41) is 10.3. The molecule has 1 heterocycles. The van der Waals surface area contributed by atoms with Crippen LogP contribution in [0.2, 0.25) is 5.15 Å². The summed E-state index contributed by atoms with van der Waals surface area (Å²) in [6.45, 7) is 3.91. The van der Waals surface area contributed by atoms with E-state index in [1.807, 2.05) is 32.1 Å². The molecule has 16 heavy (non-hydrogen) atoms. The van der Waals surface area contributed by atoms with Crippen LogP contribution in [-0.2, 0) is 0 Å². The number of aliphatic hydroxyl groups excluding tert-OH is 1. The van der Waals surface area contributed by atoms with E-state index in [9.17, 15) is 5.11 Å². The standard InChI is InChI=1S/C10H16ClN3OS/c1-10(2,6-15)14(3)8-5-7(11)12-9(13-8)16-4/h5,15H,6H2,1-4H3. The Morgan fingerprint density at radius 3 is 2.62 bits per heavy atom. The van der Waals surface area contributed by atoms with E-state index in [2.05, 4.69) is 9.97 Å². The van der Waals surface area contributed by atoms with Gasteiger partial charge in [-0.3, -0.25) is 0 Å². The third-order valence-corrected chi connectivity index (χ3v) is 3.22. The molecule has 0 atom stereocenters. The van der Waals surface area contributed by atoms with Crippen LogP contribution in [0.15, 0.2) is 11.2 Å². The summed E-state index contributed by atoms with van der Waals surface area (Å²) < 4.78 is 0. The molecule has 0 aliphatic heterocycles. The second kappa shape index (κ2) is 5.21. The minimum absolute atomic E-state index is 0.0414. The van der Waals surface area contributed by atoms with E-state index in [0.717, 1.165) is 0 Å². The molecule has 0 saturated carbocycles. The third-order valence-electron chi connectivity index (χ3n) is 2.48. The van der Waals surface area contributed by atoms with Gasteiger partial charge in [0.15, 0.2) is 5.16 Å². The molecular formula is C10H16ClN3OS. The minimum Gasteiger partial charge on any atom is -0.394 e. The maximum absolute atomic E-state index is 9.30. The molecule has 0 bridgehead atoms. The lowest BCUT2D eigenvalue weighted by Crippen LogP contribution is -2.44. The molecule has 1 rings (SSSR count). The number of rotatable bonds is 4. The number of aliphatic hydroxyl groups is 1. The second-order valence-electron chi connectivity index (χ2n) is 4.07. The zero-order valence-electron chi connectivity index (χ0n) is 9.86. The van der Waals surface area contributed by atoms with Gasteiger partial charge in [-0.2, -0.15) is 0 Å². The summed E-state index contributed by atoms with van der Waals surface area (Å²) in [7, 11) is 1.87. The third kappa shape index (κ3) is 2.99. The molecular weight excluding hydrogens is 246 g/mol. The van der Waals surface area contributed by atoms with Crippen LogP contribution in [0.25, 0.3) is 0 Å². The second-order valence-corrected chi connectivity index (χ2v) is 5.23. The van der Waals surface area contributed by atoms with Gasteiger partial charge in [-0.15, -0.1) is 0 Å². The van der Waals surface area contributed by atoms with Crippen molar-refractivity contribution in [3.05, 3.63) is 11.2 Å². The van der Waals surface area contributed by atoms with Gasteiger partial charge in [0, 0.05) is 13.1 Å². The number of hydrogen-bond acceptors (Lipinski definition) is 5. The summed E-state index contributed by atoms with van der Waals surface area (Å²) in [6, 6.07) is 1.69. The van der Waals surface area contributed by atoms with E-state index < -0.39 is 0 Å². The molecule has 0 aliphatic rings. The first-order valence-corrected chi connectivity index (χ1v) is 6.44. The molecule has 1 aromatic rings. The monoisotopic (exact) mass is 261 g/mol. The van der Waals surface area contributed by atoms with Crippen LogP contribution >= 0.6 is 23.4 Å². The SMILES string of the molecule is CSc1nc(Cl)cc(N(C)C(C)(C)CO)n1. The average molecular weight is 262 g/mol. The highest BCUT2D eigenvalue weighted by Gasteiger charge is 2.24. The molecule has 0 aliphatic carbocycles. The van der Waals surface area contributed by atoms with Gasteiger partial charge < -0.3 is 10.0 Å². The molecule has 0 aromatic carbocycles. The minimum atomic E-state index is -0.382. The number of likely N-dealkylation sites (N-methyl/N-ethyl adjacent to an activating group) is 1. The Kier molecular flexibility index (Phi) is 4.41. The molecule has 0 radical (unpaired) electrons. The summed E-state index contributed by atoms with van der Waals surface area (Å²) in [4.78, 5) is 10.3. The molecule has 0 unspecified atom stereocenters. The van der Waals surface area contributed by atoms with Crippen LogP contribution in [-0.4, -0.2) is 40.5 Å². The predicted octanol–water partition coefficient (Wildman–Crippen LogP) is 2.06.